The van der Waals surface area contributed by atoms with Crippen LogP contribution in [0.25, 0.3) is 0 Å². The lowest BCUT2D eigenvalue weighted by atomic mass is 10.2. The van der Waals surface area contributed by atoms with Gasteiger partial charge in [0.2, 0.25) is 21.8 Å². The molecule has 2 amide bonds. The summed E-state index contributed by atoms with van der Waals surface area (Å²) in [7, 11) is -4.11. The van der Waals surface area contributed by atoms with E-state index >= 15 is 0 Å². The third kappa shape index (κ3) is 2.92. The molecule has 1 aliphatic rings. The second-order valence-corrected chi connectivity index (χ2v) is 7.20. The lowest BCUT2D eigenvalue weighted by Crippen LogP contribution is -2.59. The molecule has 1 aromatic heterocycles. The molecule has 0 aliphatic carbocycles. The van der Waals surface area contributed by atoms with Gasteiger partial charge in [-0.2, -0.15) is 4.31 Å². The fourth-order valence-electron chi connectivity index (χ4n) is 2.05. The van der Waals surface area contributed by atoms with Gasteiger partial charge in [-0.15, -0.1) is 0 Å². The summed E-state index contributed by atoms with van der Waals surface area (Å²) in [5.74, 6) is -1.50. The number of aromatic nitrogens is 1. The molecule has 2 heterocycles. The van der Waals surface area contributed by atoms with Gasteiger partial charge in [-0.25, -0.2) is 13.4 Å². The molecule has 0 spiro atoms. The molecule has 0 saturated carbocycles. The van der Waals surface area contributed by atoms with Gasteiger partial charge >= 0.3 is 0 Å². The van der Waals surface area contributed by atoms with Crippen LogP contribution in [0.2, 0.25) is 0 Å². The number of sulfonamides is 1. The highest BCUT2D eigenvalue weighted by molar-refractivity contribution is 9.10. The van der Waals surface area contributed by atoms with E-state index in [-0.39, 0.29) is 17.1 Å². The molecule has 0 aromatic carbocycles. The van der Waals surface area contributed by atoms with E-state index in [0.717, 1.165) is 4.31 Å². The van der Waals surface area contributed by atoms with E-state index in [1.54, 1.807) is 6.92 Å². The number of hydrogen-bond acceptors (Lipinski definition) is 6. The van der Waals surface area contributed by atoms with Crippen LogP contribution in [0.4, 0.5) is 5.82 Å². The largest absolute Gasteiger partial charge is 0.383 e. The molecular formula is C11H13BrN4O4S. The zero-order valence-electron chi connectivity index (χ0n) is 11.0. The molecule has 0 radical (unpaired) electrons. The topological polar surface area (TPSA) is 122 Å². The van der Waals surface area contributed by atoms with Crippen LogP contribution < -0.4 is 11.1 Å². The van der Waals surface area contributed by atoms with Crippen molar-refractivity contribution >= 4 is 43.6 Å². The standard InChI is InChI=1S/C11H13BrN4O4S/c1-2-7-11(18)15-9(17)5-16(7)21(19,20)8-3-6(12)4-14-10(8)13/h3-4,7H,2,5H2,1H3,(H2,13,14)(H,15,17,18). The lowest BCUT2D eigenvalue weighted by Gasteiger charge is -2.32. The number of nitrogens with two attached hydrogens (primary N) is 1. The van der Waals surface area contributed by atoms with E-state index in [1.807, 2.05) is 0 Å². The Labute approximate surface area is 129 Å². The average Bonchev–Trinajstić information content (AvgIpc) is 2.40. The maximum atomic E-state index is 12.7. The molecule has 1 atom stereocenters. The van der Waals surface area contributed by atoms with Gasteiger partial charge in [-0.3, -0.25) is 14.9 Å². The number of halogens is 1. The minimum atomic E-state index is -4.11. The molecule has 114 valence electrons. The molecule has 0 bridgehead atoms. The highest BCUT2D eigenvalue weighted by atomic mass is 79.9. The Kier molecular flexibility index (Phi) is 4.30. The van der Waals surface area contributed by atoms with E-state index in [0.29, 0.717) is 4.47 Å². The molecule has 1 aromatic rings. The Morgan fingerprint density at radius 2 is 2.19 bits per heavy atom. The van der Waals surface area contributed by atoms with Crippen molar-refractivity contribution < 1.29 is 18.0 Å². The smallest absolute Gasteiger partial charge is 0.247 e. The number of nitrogens with zero attached hydrogens (tertiary/aromatic N) is 2. The Balaban J connectivity index is 2.53. The SMILES string of the molecule is CCC1C(=O)NC(=O)CN1S(=O)(=O)c1cc(Br)cnc1N. The summed E-state index contributed by atoms with van der Waals surface area (Å²) in [4.78, 5) is 26.8. The van der Waals surface area contributed by atoms with Crippen molar-refractivity contribution in [3.63, 3.8) is 0 Å². The maximum absolute atomic E-state index is 12.7. The fourth-order valence-corrected chi connectivity index (χ4v) is 4.24. The summed E-state index contributed by atoms with van der Waals surface area (Å²) in [5.41, 5.74) is 5.62. The van der Waals surface area contributed by atoms with Gasteiger partial charge in [-0.05, 0) is 28.4 Å². The summed E-state index contributed by atoms with van der Waals surface area (Å²) in [6, 6.07) is 0.340. The van der Waals surface area contributed by atoms with Crippen molar-refractivity contribution in [3.05, 3.63) is 16.7 Å². The second kappa shape index (κ2) is 5.70. The third-order valence-electron chi connectivity index (χ3n) is 3.03. The first-order valence-corrected chi connectivity index (χ1v) is 8.27. The molecule has 1 fully saturated rings. The molecule has 3 N–H and O–H groups in total. The highest BCUT2D eigenvalue weighted by Crippen LogP contribution is 2.27. The van der Waals surface area contributed by atoms with Crippen LogP contribution in [0.15, 0.2) is 21.6 Å². The number of pyridine rings is 1. The van der Waals surface area contributed by atoms with Gasteiger partial charge in [0.15, 0.2) is 0 Å². The van der Waals surface area contributed by atoms with Gasteiger partial charge < -0.3 is 5.73 Å². The molecule has 10 heteroatoms. The van der Waals surface area contributed by atoms with Crippen molar-refractivity contribution in [1.29, 1.82) is 0 Å². The number of carbonyl (C=O) groups is 2. The van der Waals surface area contributed by atoms with E-state index < -0.39 is 34.4 Å². The maximum Gasteiger partial charge on any atom is 0.247 e. The summed E-state index contributed by atoms with van der Waals surface area (Å²) in [6.07, 6.45) is 1.60. The third-order valence-corrected chi connectivity index (χ3v) is 5.35. The fraction of sp³-hybridized carbons (Fsp3) is 0.364. The van der Waals surface area contributed by atoms with E-state index in [2.05, 4.69) is 26.2 Å². The van der Waals surface area contributed by atoms with Crippen molar-refractivity contribution in [1.82, 2.24) is 14.6 Å². The first-order valence-electron chi connectivity index (χ1n) is 6.04. The van der Waals surface area contributed by atoms with Crippen LogP contribution in [0, 0.1) is 0 Å². The zero-order chi connectivity index (χ0) is 15.8. The van der Waals surface area contributed by atoms with E-state index in [9.17, 15) is 18.0 Å². The molecule has 1 aliphatic heterocycles. The normalized spacial score (nSPS) is 20.4. The van der Waals surface area contributed by atoms with Gasteiger partial charge in [0.1, 0.15) is 16.8 Å². The predicted molar refractivity (Wildman–Crippen MR) is 77.5 cm³/mol. The summed E-state index contributed by atoms with van der Waals surface area (Å²) in [6.45, 7) is 1.23. The lowest BCUT2D eigenvalue weighted by molar-refractivity contribution is -0.137. The van der Waals surface area contributed by atoms with Crippen molar-refractivity contribution in [2.75, 3.05) is 12.3 Å². The van der Waals surface area contributed by atoms with Gasteiger partial charge in [0, 0.05) is 10.7 Å². The van der Waals surface area contributed by atoms with E-state index in [1.165, 1.54) is 12.3 Å². The number of piperazine rings is 1. The molecule has 1 unspecified atom stereocenters. The van der Waals surface area contributed by atoms with E-state index in [4.69, 9.17) is 5.73 Å². The molecule has 2 rings (SSSR count). The Morgan fingerprint density at radius 1 is 1.52 bits per heavy atom. The molecule has 21 heavy (non-hydrogen) atoms. The minimum absolute atomic E-state index is 0.188. The number of rotatable bonds is 3. The average molecular weight is 377 g/mol. The van der Waals surface area contributed by atoms with Crippen LogP contribution in [0.3, 0.4) is 0 Å². The number of amides is 2. The molecule has 8 nitrogen and oxygen atoms in total. The van der Waals surface area contributed by atoms with Crippen LogP contribution in [0.1, 0.15) is 13.3 Å². The predicted octanol–water partition coefficient (Wildman–Crippen LogP) is -0.148. The van der Waals surface area contributed by atoms with Crippen LogP contribution in [-0.4, -0.2) is 42.1 Å². The second-order valence-electron chi connectivity index (χ2n) is 4.42. The summed E-state index contributed by atoms with van der Waals surface area (Å²) in [5, 5.41) is 2.12. The number of hydrogen-bond donors (Lipinski definition) is 2. The van der Waals surface area contributed by atoms with Gasteiger partial charge in [0.05, 0.1) is 6.54 Å². The number of nitrogens with one attached hydrogen (secondary N) is 1. The van der Waals surface area contributed by atoms with Crippen molar-refractivity contribution in [3.8, 4) is 0 Å². The number of anilines is 1. The van der Waals surface area contributed by atoms with Crippen LogP contribution >= 0.6 is 15.9 Å². The summed E-state index contributed by atoms with van der Waals surface area (Å²) < 4.78 is 26.6. The molecule has 1 saturated heterocycles. The van der Waals surface area contributed by atoms with Gasteiger partial charge in [-0.1, -0.05) is 6.92 Å². The Morgan fingerprint density at radius 3 is 2.81 bits per heavy atom. The molecular weight excluding hydrogens is 364 g/mol. The monoisotopic (exact) mass is 376 g/mol. The first-order chi connectivity index (χ1) is 9.77. The number of imide groups is 1. The van der Waals surface area contributed by atoms with Crippen LogP contribution in [0.5, 0.6) is 0 Å². The highest BCUT2D eigenvalue weighted by Gasteiger charge is 2.41. The van der Waals surface area contributed by atoms with Crippen molar-refractivity contribution in [2.45, 2.75) is 24.3 Å². The van der Waals surface area contributed by atoms with Crippen molar-refractivity contribution in [2.24, 2.45) is 0 Å². The van der Waals surface area contributed by atoms with Crippen LogP contribution in [-0.2, 0) is 19.6 Å². The summed E-state index contributed by atoms with van der Waals surface area (Å²) >= 11 is 3.12. The minimum Gasteiger partial charge on any atom is -0.383 e. The van der Waals surface area contributed by atoms with Gasteiger partial charge in [0.25, 0.3) is 0 Å². The Bertz CT molecular complexity index is 706. The Hall–Kier alpha value is -1.52. The first kappa shape index (κ1) is 15.9. The zero-order valence-corrected chi connectivity index (χ0v) is 13.4. The number of nitrogen functional groups attached to an aromatic ring is 1. The quantitative estimate of drug-likeness (QED) is 0.707. The number of carbonyl (C=O) groups excluding carboxylic acids is 2.